The summed E-state index contributed by atoms with van der Waals surface area (Å²) < 4.78 is 12.1. The second-order valence-corrected chi connectivity index (χ2v) is 6.77. The highest BCUT2D eigenvalue weighted by molar-refractivity contribution is 7.83. The summed E-state index contributed by atoms with van der Waals surface area (Å²) in [6.45, 7) is 0. The van der Waals surface area contributed by atoms with Gasteiger partial charge in [-0.25, -0.2) is 4.79 Å². The van der Waals surface area contributed by atoms with Crippen LogP contribution in [0.5, 0.6) is 0 Å². The van der Waals surface area contributed by atoms with Crippen molar-refractivity contribution in [2.24, 2.45) is 0 Å². The fraction of sp³-hybridized carbons (Fsp3) is 0.133. The zero-order chi connectivity index (χ0) is 15.4. The van der Waals surface area contributed by atoms with Crippen LogP contribution < -0.4 is 0 Å². The number of aromatic carboxylic acids is 1. The Morgan fingerprint density at radius 3 is 2.29 bits per heavy atom. The standard InChI is InChI=1S/C15H12Cl2O3S/c16-13-6-5-12(14(17)7-13)9-21(20)8-10-1-3-11(4-2-10)15(18)19/h1-7H,8-9H2,(H,18,19). The molecule has 2 aromatic carbocycles. The van der Waals surface area contributed by atoms with Gasteiger partial charge in [-0.15, -0.1) is 0 Å². The third-order valence-electron chi connectivity index (χ3n) is 2.86. The summed E-state index contributed by atoms with van der Waals surface area (Å²) in [4.78, 5) is 10.8. The van der Waals surface area contributed by atoms with E-state index in [1.807, 2.05) is 0 Å². The molecule has 0 aromatic heterocycles. The van der Waals surface area contributed by atoms with Crippen molar-refractivity contribution in [3.05, 3.63) is 69.2 Å². The maximum Gasteiger partial charge on any atom is 0.335 e. The lowest BCUT2D eigenvalue weighted by atomic mass is 10.1. The molecule has 21 heavy (non-hydrogen) atoms. The Kier molecular flexibility index (Phi) is 5.39. The Bertz CT molecular complexity index is 684. The van der Waals surface area contributed by atoms with Crippen molar-refractivity contribution in [2.45, 2.75) is 11.5 Å². The highest BCUT2D eigenvalue weighted by Crippen LogP contribution is 2.22. The molecule has 3 nitrogen and oxygen atoms in total. The highest BCUT2D eigenvalue weighted by Gasteiger charge is 2.08. The van der Waals surface area contributed by atoms with Crippen molar-refractivity contribution in [3.63, 3.8) is 0 Å². The van der Waals surface area contributed by atoms with Crippen LogP contribution in [0.2, 0.25) is 10.0 Å². The number of hydrogen-bond donors (Lipinski definition) is 1. The van der Waals surface area contributed by atoms with E-state index < -0.39 is 16.8 Å². The van der Waals surface area contributed by atoms with E-state index >= 15 is 0 Å². The van der Waals surface area contributed by atoms with Crippen LogP contribution in [0.3, 0.4) is 0 Å². The van der Waals surface area contributed by atoms with Gasteiger partial charge in [0.15, 0.2) is 0 Å². The first kappa shape index (κ1) is 16.0. The van der Waals surface area contributed by atoms with Crippen LogP contribution in [0, 0.1) is 0 Å². The number of benzene rings is 2. The summed E-state index contributed by atoms with van der Waals surface area (Å²) in [6, 6.07) is 11.4. The number of rotatable bonds is 5. The van der Waals surface area contributed by atoms with Crippen LogP contribution >= 0.6 is 23.2 Å². The first-order valence-corrected chi connectivity index (χ1v) is 8.31. The maximum absolute atomic E-state index is 12.1. The molecule has 2 aromatic rings. The molecule has 0 aliphatic rings. The Hall–Kier alpha value is -1.36. The van der Waals surface area contributed by atoms with E-state index in [9.17, 15) is 9.00 Å². The van der Waals surface area contributed by atoms with Crippen molar-refractivity contribution in [2.75, 3.05) is 0 Å². The molecular formula is C15H12Cl2O3S. The topological polar surface area (TPSA) is 54.4 Å². The van der Waals surface area contributed by atoms with E-state index in [1.54, 1.807) is 30.3 Å². The van der Waals surface area contributed by atoms with E-state index in [4.69, 9.17) is 28.3 Å². The first-order chi connectivity index (χ1) is 9.95. The molecule has 0 radical (unpaired) electrons. The van der Waals surface area contributed by atoms with Gasteiger partial charge in [0.1, 0.15) is 0 Å². The average Bonchev–Trinajstić information content (AvgIpc) is 2.42. The van der Waals surface area contributed by atoms with Gasteiger partial charge < -0.3 is 5.11 Å². The summed E-state index contributed by atoms with van der Waals surface area (Å²) in [7, 11) is -1.13. The lowest BCUT2D eigenvalue weighted by Crippen LogP contribution is -2.01. The Morgan fingerprint density at radius 1 is 1.05 bits per heavy atom. The van der Waals surface area contributed by atoms with Crippen LogP contribution in [-0.2, 0) is 22.3 Å². The van der Waals surface area contributed by atoms with E-state index in [0.29, 0.717) is 21.6 Å². The largest absolute Gasteiger partial charge is 0.478 e. The smallest absolute Gasteiger partial charge is 0.335 e. The third kappa shape index (κ3) is 4.56. The average molecular weight is 343 g/mol. The minimum absolute atomic E-state index is 0.213. The molecule has 0 spiro atoms. The lowest BCUT2D eigenvalue weighted by molar-refractivity contribution is 0.0697. The van der Waals surface area contributed by atoms with Gasteiger partial charge in [-0.1, -0.05) is 41.4 Å². The van der Waals surface area contributed by atoms with Gasteiger partial charge in [0.05, 0.1) is 11.3 Å². The quantitative estimate of drug-likeness (QED) is 0.888. The minimum Gasteiger partial charge on any atom is -0.478 e. The van der Waals surface area contributed by atoms with Gasteiger partial charge in [-0.05, 0) is 35.4 Å². The molecule has 0 saturated carbocycles. The zero-order valence-corrected chi connectivity index (χ0v) is 13.2. The molecule has 2 rings (SSSR count). The minimum atomic E-state index is -1.13. The molecule has 110 valence electrons. The van der Waals surface area contributed by atoms with Crippen molar-refractivity contribution < 1.29 is 14.1 Å². The molecule has 0 amide bonds. The Labute approximate surface area is 135 Å². The molecular weight excluding hydrogens is 331 g/mol. The predicted octanol–water partition coefficient (Wildman–Crippen LogP) is 4.14. The SMILES string of the molecule is O=C(O)c1ccc(CS(=O)Cc2ccc(Cl)cc2Cl)cc1. The fourth-order valence-corrected chi connectivity index (χ4v) is 3.61. The number of carbonyl (C=O) groups is 1. The molecule has 0 aliphatic carbocycles. The van der Waals surface area contributed by atoms with Crippen LogP contribution in [0.15, 0.2) is 42.5 Å². The van der Waals surface area contributed by atoms with E-state index in [2.05, 4.69) is 0 Å². The van der Waals surface area contributed by atoms with Crippen LogP contribution in [0.25, 0.3) is 0 Å². The van der Waals surface area contributed by atoms with Gasteiger partial charge in [-0.2, -0.15) is 0 Å². The number of carboxylic acids is 1. The summed E-state index contributed by atoms with van der Waals surface area (Å²) in [5.41, 5.74) is 1.82. The molecule has 0 aliphatic heterocycles. The van der Waals surface area contributed by atoms with Gasteiger partial charge in [0.2, 0.25) is 0 Å². The number of hydrogen-bond acceptors (Lipinski definition) is 2. The van der Waals surface area contributed by atoms with Gasteiger partial charge in [0, 0.05) is 26.6 Å². The molecule has 0 heterocycles. The van der Waals surface area contributed by atoms with Crippen LogP contribution in [0.1, 0.15) is 21.5 Å². The van der Waals surface area contributed by atoms with Crippen molar-refractivity contribution >= 4 is 40.0 Å². The van der Waals surface area contributed by atoms with Crippen molar-refractivity contribution in [3.8, 4) is 0 Å². The zero-order valence-electron chi connectivity index (χ0n) is 10.9. The number of halogens is 2. The summed E-state index contributed by atoms with van der Waals surface area (Å²) in [6.07, 6.45) is 0. The highest BCUT2D eigenvalue weighted by atomic mass is 35.5. The normalized spacial score (nSPS) is 12.1. The molecule has 1 N–H and O–H groups in total. The predicted molar refractivity (Wildman–Crippen MR) is 85.4 cm³/mol. The van der Waals surface area contributed by atoms with Crippen molar-refractivity contribution in [1.82, 2.24) is 0 Å². The van der Waals surface area contributed by atoms with Crippen LogP contribution in [0.4, 0.5) is 0 Å². The molecule has 1 unspecified atom stereocenters. The monoisotopic (exact) mass is 342 g/mol. The molecule has 0 fully saturated rings. The van der Waals surface area contributed by atoms with Gasteiger partial charge in [0.25, 0.3) is 0 Å². The second-order valence-electron chi connectivity index (χ2n) is 4.47. The summed E-state index contributed by atoms with van der Waals surface area (Å²) in [5.74, 6) is -0.300. The lowest BCUT2D eigenvalue weighted by Gasteiger charge is -2.06. The molecule has 0 saturated heterocycles. The Morgan fingerprint density at radius 2 is 1.71 bits per heavy atom. The summed E-state index contributed by atoms with van der Waals surface area (Å²) in [5, 5.41) is 9.86. The first-order valence-electron chi connectivity index (χ1n) is 6.07. The van der Waals surface area contributed by atoms with E-state index in [0.717, 1.165) is 11.1 Å². The second kappa shape index (κ2) is 7.07. The summed E-state index contributed by atoms with van der Waals surface area (Å²) >= 11 is 11.9. The third-order valence-corrected chi connectivity index (χ3v) is 4.74. The van der Waals surface area contributed by atoms with Crippen LogP contribution in [-0.4, -0.2) is 15.3 Å². The number of carboxylic acid groups (broad SMARTS) is 1. The molecule has 1 atom stereocenters. The van der Waals surface area contributed by atoms with E-state index in [1.165, 1.54) is 12.1 Å². The van der Waals surface area contributed by atoms with Crippen molar-refractivity contribution in [1.29, 1.82) is 0 Å². The van der Waals surface area contributed by atoms with E-state index in [-0.39, 0.29) is 5.56 Å². The fourth-order valence-electron chi connectivity index (χ4n) is 1.79. The maximum atomic E-state index is 12.1. The Balaban J connectivity index is 2.02. The molecule has 6 heteroatoms. The van der Waals surface area contributed by atoms with Gasteiger partial charge >= 0.3 is 5.97 Å². The van der Waals surface area contributed by atoms with Gasteiger partial charge in [-0.3, -0.25) is 4.21 Å². The molecule has 0 bridgehead atoms.